The Morgan fingerprint density at radius 3 is 2.37 bits per heavy atom. The Labute approximate surface area is 112 Å². The van der Waals surface area contributed by atoms with E-state index in [1.807, 2.05) is 13.1 Å². The molecule has 0 fully saturated rings. The Balaban J connectivity index is 2.18. The van der Waals surface area contributed by atoms with E-state index in [1.165, 1.54) is 18.2 Å². The zero-order valence-corrected chi connectivity index (χ0v) is 10.9. The molecule has 0 spiro atoms. The van der Waals surface area contributed by atoms with E-state index in [-0.39, 0.29) is 17.6 Å². The number of nitrogens with one attached hydrogen (secondary N) is 1. The van der Waals surface area contributed by atoms with E-state index < -0.39 is 0 Å². The van der Waals surface area contributed by atoms with Crippen molar-refractivity contribution in [1.29, 1.82) is 0 Å². The lowest BCUT2D eigenvalue weighted by molar-refractivity contribution is 0.599. The Morgan fingerprint density at radius 1 is 1.00 bits per heavy atom. The second-order valence-electron chi connectivity index (χ2n) is 4.64. The molecular weight excluding hydrogens is 244 g/mol. The van der Waals surface area contributed by atoms with Gasteiger partial charge in [0, 0.05) is 12.5 Å². The molecule has 2 aromatic rings. The van der Waals surface area contributed by atoms with Gasteiger partial charge >= 0.3 is 0 Å². The third kappa shape index (κ3) is 3.86. The Hall–Kier alpha value is -1.74. The summed E-state index contributed by atoms with van der Waals surface area (Å²) in [7, 11) is 1.87. The van der Waals surface area contributed by atoms with Crippen LogP contribution in [-0.2, 0) is 6.42 Å². The third-order valence-electron chi connectivity index (χ3n) is 3.17. The van der Waals surface area contributed by atoms with Crippen molar-refractivity contribution >= 4 is 0 Å². The van der Waals surface area contributed by atoms with Crippen LogP contribution in [0.5, 0.6) is 0 Å². The standard InChI is InChI=1S/C16H17F2N/c1-19-11-14(13-3-2-4-16(18)10-13)9-12-5-7-15(17)8-6-12/h2-8,10,14,19H,9,11H2,1H3. The molecule has 2 aromatic carbocycles. The van der Waals surface area contributed by atoms with E-state index in [2.05, 4.69) is 5.32 Å². The highest BCUT2D eigenvalue weighted by atomic mass is 19.1. The van der Waals surface area contributed by atoms with Gasteiger partial charge in [-0.3, -0.25) is 0 Å². The zero-order chi connectivity index (χ0) is 13.7. The molecule has 1 N–H and O–H groups in total. The van der Waals surface area contributed by atoms with Crippen LogP contribution in [0.2, 0.25) is 0 Å². The van der Waals surface area contributed by atoms with Crippen molar-refractivity contribution in [2.45, 2.75) is 12.3 Å². The van der Waals surface area contributed by atoms with Gasteiger partial charge in [0.25, 0.3) is 0 Å². The molecule has 0 aromatic heterocycles. The van der Waals surface area contributed by atoms with Gasteiger partial charge in [0.15, 0.2) is 0 Å². The Kier molecular flexibility index (Phi) is 4.63. The Bertz CT molecular complexity index is 523. The number of hydrogen-bond acceptors (Lipinski definition) is 1. The maximum Gasteiger partial charge on any atom is 0.123 e. The van der Waals surface area contributed by atoms with Crippen molar-refractivity contribution in [3.63, 3.8) is 0 Å². The van der Waals surface area contributed by atoms with Crippen LogP contribution >= 0.6 is 0 Å². The highest BCUT2D eigenvalue weighted by Crippen LogP contribution is 2.21. The molecule has 0 saturated carbocycles. The molecule has 0 bridgehead atoms. The van der Waals surface area contributed by atoms with Gasteiger partial charge in [0.1, 0.15) is 11.6 Å². The smallest absolute Gasteiger partial charge is 0.123 e. The molecule has 100 valence electrons. The summed E-state index contributed by atoms with van der Waals surface area (Å²) in [6.45, 7) is 0.751. The van der Waals surface area contributed by atoms with Gasteiger partial charge in [-0.05, 0) is 48.9 Å². The van der Waals surface area contributed by atoms with Gasteiger partial charge in [-0.15, -0.1) is 0 Å². The molecule has 2 rings (SSSR count). The molecule has 1 atom stereocenters. The topological polar surface area (TPSA) is 12.0 Å². The average molecular weight is 261 g/mol. The summed E-state index contributed by atoms with van der Waals surface area (Å²) in [4.78, 5) is 0. The lowest BCUT2D eigenvalue weighted by Gasteiger charge is -2.17. The van der Waals surface area contributed by atoms with Gasteiger partial charge in [-0.25, -0.2) is 8.78 Å². The summed E-state index contributed by atoms with van der Waals surface area (Å²) in [5, 5.41) is 3.12. The van der Waals surface area contributed by atoms with Crippen LogP contribution < -0.4 is 5.32 Å². The molecule has 0 aliphatic carbocycles. The van der Waals surface area contributed by atoms with Gasteiger partial charge in [0.05, 0.1) is 0 Å². The minimum atomic E-state index is -0.236. The normalized spacial score (nSPS) is 12.4. The van der Waals surface area contributed by atoms with Crippen molar-refractivity contribution in [2.24, 2.45) is 0 Å². The molecule has 0 aliphatic rings. The van der Waals surface area contributed by atoms with Crippen molar-refractivity contribution in [3.8, 4) is 0 Å². The molecule has 19 heavy (non-hydrogen) atoms. The second kappa shape index (κ2) is 6.43. The Morgan fingerprint density at radius 2 is 1.74 bits per heavy atom. The highest BCUT2D eigenvalue weighted by Gasteiger charge is 2.12. The predicted molar refractivity (Wildman–Crippen MR) is 73.2 cm³/mol. The summed E-state index contributed by atoms with van der Waals surface area (Å²) in [6.07, 6.45) is 0.755. The van der Waals surface area contributed by atoms with E-state index in [0.717, 1.165) is 24.1 Å². The van der Waals surface area contributed by atoms with E-state index in [9.17, 15) is 8.78 Å². The molecule has 1 unspecified atom stereocenters. The summed E-state index contributed by atoms with van der Waals surface area (Å²) in [5.74, 6) is -0.288. The number of likely N-dealkylation sites (N-methyl/N-ethyl adjacent to an activating group) is 1. The minimum Gasteiger partial charge on any atom is -0.319 e. The fourth-order valence-electron chi connectivity index (χ4n) is 2.22. The minimum absolute atomic E-state index is 0.172. The lowest BCUT2D eigenvalue weighted by atomic mass is 9.92. The van der Waals surface area contributed by atoms with Crippen LogP contribution in [0.15, 0.2) is 48.5 Å². The highest BCUT2D eigenvalue weighted by molar-refractivity contribution is 5.25. The molecule has 0 amide bonds. The zero-order valence-electron chi connectivity index (χ0n) is 10.9. The predicted octanol–water partition coefficient (Wildman–Crippen LogP) is 3.51. The van der Waals surface area contributed by atoms with Crippen LogP contribution in [0.1, 0.15) is 17.0 Å². The van der Waals surface area contributed by atoms with E-state index in [1.54, 1.807) is 24.3 Å². The maximum atomic E-state index is 13.3. The summed E-state index contributed by atoms with van der Waals surface area (Å²) < 4.78 is 26.2. The van der Waals surface area contributed by atoms with Crippen LogP contribution in [-0.4, -0.2) is 13.6 Å². The maximum absolute atomic E-state index is 13.3. The van der Waals surface area contributed by atoms with E-state index in [0.29, 0.717) is 0 Å². The summed E-state index contributed by atoms with van der Waals surface area (Å²) in [5.41, 5.74) is 2.00. The van der Waals surface area contributed by atoms with Crippen LogP contribution in [0.3, 0.4) is 0 Å². The van der Waals surface area contributed by atoms with Gasteiger partial charge in [-0.2, -0.15) is 0 Å². The summed E-state index contributed by atoms with van der Waals surface area (Å²) in [6, 6.07) is 13.1. The van der Waals surface area contributed by atoms with Gasteiger partial charge in [0.2, 0.25) is 0 Å². The summed E-state index contributed by atoms with van der Waals surface area (Å²) >= 11 is 0. The average Bonchev–Trinajstić information content (AvgIpc) is 2.41. The van der Waals surface area contributed by atoms with Crippen molar-refractivity contribution in [1.82, 2.24) is 5.32 Å². The van der Waals surface area contributed by atoms with E-state index in [4.69, 9.17) is 0 Å². The van der Waals surface area contributed by atoms with Gasteiger partial charge in [-0.1, -0.05) is 24.3 Å². The molecule has 3 heteroatoms. The number of hydrogen-bond donors (Lipinski definition) is 1. The quantitative estimate of drug-likeness (QED) is 0.868. The SMILES string of the molecule is CNCC(Cc1ccc(F)cc1)c1cccc(F)c1. The van der Waals surface area contributed by atoms with Crippen molar-refractivity contribution in [3.05, 3.63) is 71.3 Å². The fraction of sp³-hybridized carbons (Fsp3) is 0.250. The molecular formula is C16H17F2N. The number of benzene rings is 2. The molecule has 0 saturated heterocycles. The van der Waals surface area contributed by atoms with Crippen LogP contribution in [0.4, 0.5) is 8.78 Å². The van der Waals surface area contributed by atoms with E-state index >= 15 is 0 Å². The first-order valence-corrected chi connectivity index (χ1v) is 6.33. The van der Waals surface area contributed by atoms with Crippen molar-refractivity contribution < 1.29 is 8.78 Å². The first kappa shape index (κ1) is 13.7. The van der Waals surface area contributed by atoms with Gasteiger partial charge < -0.3 is 5.32 Å². The van der Waals surface area contributed by atoms with Crippen LogP contribution in [0, 0.1) is 11.6 Å². The fourth-order valence-corrected chi connectivity index (χ4v) is 2.22. The molecule has 1 nitrogen and oxygen atoms in total. The lowest BCUT2D eigenvalue weighted by Crippen LogP contribution is -2.19. The molecule has 0 radical (unpaired) electrons. The largest absolute Gasteiger partial charge is 0.319 e. The number of halogens is 2. The monoisotopic (exact) mass is 261 g/mol. The third-order valence-corrected chi connectivity index (χ3v) is 3.17. The van der Waals surface area contributed by atoms with Crippen LogP contribution in [0.25, 0.3) is 0 Å². The first-order valence-electron chi connectivity index (χ1n) is 6.33. The molecule has 0 heterocycles. The number of rotatable bonds is 5. The molecule has 0 aliphatic heterocycles. The first-order chi connectivity index (χ1) is 9.19. The second-order valence-corrected chi connectivity index (χ2v) is 4.64. The van der Waals surface area contributed by atoms with Crippen molar-refractivity contribution in [2.75, 3.05) is 13.6 Å².